The van der Waals surface area contributed by atoms with Crippen LogP contribution in [0.25, 0.3) is 0 Å². The number of hydrogen-bond donors (Lipinski definition) is 1. The van der Waals surface area contributed by atoms with Gasteiger partial charge in [-0.25, -0.2) is 0 Å². The van der Waals surface area contributed by atoms with Gasteiger partial charge in [0, 0.05) is 18.6 Å². The van der Waals surface area contributed by atoms with Crippen molar-refractivity contribution in [2.24, 2.45) is 23.5 Å². The van der Waals surface area contributed by atoms with E-state index in [0.717, 1.165) is 23.8 Å². The highest BCUT2D eigenvalue weighted by Crippen LogP contribution is 2.48. The fraction of sp³-hybridized carbons (Fsp3) is 1.00. The highest BCUT2D eigenvalue weighted by atomic mass is 15.2. The minimum absolute atomic E-state index is 0.521. The van der Waals surface area contributed by atoms with E-state index in [2.05, 4.69) is 11.8 Å². The number of fused-ring (bicyclic) bond motifs is 2. The number of nitrogens with two attached hydrogens (primary N) is 1. The van der Waals surface area contributed by atoms with Gasteiger partial charge in [-0.1, -0.05) is 6.42 Å². The first-order chi connectivity index (χ1) is 7.75. The topological polar surface area (TPSA) is 29.3 Å². The Balaban J connectivity index is 1.61. The third kappa shape index (κ3) is 1.80. The first kappa shape index (κ1) is 11.0. The molecule has 2 N–H and O–H groups in total. The van der Waals surface area contributed by atoms with Gasteiger partial charge < -0.3 is 10.6 Å². The molecule has 5 unspecified atom stereocenters. The second-order valence-electron chi connectivity index (χ2n) is 6.41. The summed E-state index contributed by atoms with van der Waals surface area (Å²) in [7, 11) is 0. The molecule has 0 spiro atoms. The van der Waals surface area contributed by atoms with Gasteiger partial charge in [0.05, 0.1) is 0 Å². The van der Waals surface area contributed by atoms with Crippen molar-refractivity contribution < 1.29 is 0 Å². The maximum atomic E-state index is 6.40. The van der Waals surface area contributed by atoms with Crippen molar-refractivity contribution in [2.45, 2.75) is 57.5 Å². The normalized spacial score (nSPS) is 48.8. The Kier molecular flexibility index (Phi) is 2.97. The van der Waals surface area contributed by atoms with Gasteiger partial charge in [-0.3, -0.25) is 0 Å². The van der Waals surface area contributed by atoms with Crippen molar-refractivity contribution >= 4 is 0 Å². The standard InChI is InChI=1S/C14H26N2/c1-10-4-2-3-7-16(10)9-13-11-5-6-12(8-11)14(13)15/h10-14H,2-9,15H2,1H3. The first-order valence-electron chi connectivity index (χ1n) is 7.25. The SMILES string of the molecule is CC1CCCCN1CC1C2CCC(C2)C1N. The van der Waals surface area contributed by atoms with Gasteiger partial charge in [0.15, 0.2) is 0 Å². The monoisotopic (exact) mass is 222 g/mol. The molecule has 1 aliphatic heterocycles. The second kappa shape index (κ2) is 4.30. The van der Waals surface area contributed by atoms with Gasteiger partial charge in [0.2, 0.25) is 0 Å². The van der Waals surface area contributed by atoms with Gasteiger partial charge in [-0.15, -0.1) is 0 Å². The summed E-state index contributed by atoms with van der Waals surface area (Å²) in [6.07, 6.45) is 8.55. The second-order valence-corrected chi connectivity index (χ2v) is 6.41. The van der Waals surface area contributed by atoms with E-state index in [0.29, 0.717) is 6.04 Å². The largest absolute Gasteiger partial charge is 0.327 e. The van der Waals surface area contributed by atoms with Crippen LogP contribution in [0.4, 0.5) is 0 Å². The van der Waals surface area contributed by atoms with Crippen LogP contribution >= 0.6 is 0 Å². The first-order valence-corrected chi connectivity index (χ1v) is 7.25. The van der Waals surface area contributed by atoms with Gasteiger partial charge in [0.25, 0.3) is 0 Å². The third-order valence-electron chi connectivity index (χ3n) is 5.54. The van der Waals surface area contributed by atoms with Gasteiger partial charge in [-0.05, 0) is 63.3 Å². The molecule has 3 aliphatic rings. The van der Waals surface area contributed by atoms with Crippen LogP contribution in [0.3, 0.4) is 0 Å². The zero-order valence-electron chi connectivity index (χ0n) is 10.6. The number of rotatable bonds is 2. The molecule has 0 amide bonds. The minimum Gasteiger partial charge on any atom is -0.327 e. The van der Waals surface area contributed by atoms with E-state index in [9.17, 15) is 0 Å². The Morgan fingerprint density at radius 1 is 1.12 bits per heavy atom. The molecule has 92 valence electrons. The van der Waals surface area contributed by atoms with E-state index >= 15 is 0 Å². The Hall–Kier alpha value is -0.0800. The summed E-state index contributed by atoms with van der Waals surface area (Å²) in [5.41, 5.74) is 6.40. The van der Waals surface area contributed by atoms with E-state index in [4.69, 9.17) is 5.73 Å². The van der Waals surface area contributed by atoms with E-state index < -0.39 is 0 Å². The maximum absolute atomic E-state index is 6.40. The molecular formula is C14H26N2. The van der Waals surface area contributed by atoms with E-state index in [-0.39, 0.29) is 0 Å². The quantitative estimate of drug-likeness (QED) is 0.776. The van der Waals surface area contributed by atoms with Crippen LogP contribution in [-0.4, -0.2) is 30.1 Å². The molecule has 5 atom stereocenters. The van der Waals surface area contributed by atoms with Gasteiger partial charge >= 0.3 is 0 Å². The van der Waals surface area contributed by atoms with Crippen molar-refractivity contribution in [2.75, 3.05) is 13.1 Å². The van der Waals surface area contributed by atoms with E-state index in [1.807, 2.05) is 0 Å². The lowest BCUT2D eigenvalue weighted by Gasteiger charge is -2.39. The van der Waals surface area contributed by atoms with Crippen molar-refractivity contribution in [1.29, 1.82) is 0 Å². The summed E-state index contributed by atoms with van der Waals surface area (Å²) in [6, 6.07) is 1.33. The zero-order chi connectivity index (χ0) is 11.1. The lowest BCUT2D eigenvalue weighted by molar-refractivity contribution is 0.109. The van der Waals surface area contributed by atoms with Crippen LogP contribution in [-0.2, 0) is 0 Å². The van der Waals surface area contributed by atoms with Crippen LogP contribution in [0.2, 0.25) is 0 Å². The highest BCUT2D eigenvalue weighted by Gasteiger charge is 2.46. The molecule has 2 aliphatic carbocycles. The van der Waals surface area contributed by atoms with Crippen molar-refractivity contribution in [3.63, 3.8) is 0 Å². The smallest absolute Gasteiger partial charge is 0.0111 e. The summed E-state index contributed by atoms with van der Waals surface area (Å²) in [5, 5.41) is 0. The van der Waals surface area contributed by atoms with Crippen LogP contribution in [0.15, 0.2) is 0 Å². The Bertz CT molecular complexity index is 251. The number of likely N-dealkylation sites (tertiary alicyclic amines) is 1. The average Bonchev–Trinajstić information content (AvgIpc) is 2.85. The number of hydrogen-bond acceptors (Lipinski definition) is 2. The molecule has 2 bridgehead atoms. The van der Waals surface area contributed by atoms with Crippen molar-refractivity contribution in [3.05, 3.63) is 0 Å². The predicted molar refractivity (Wildman–Crippen MR) is 67.2 cm³/mol. The summed E-state index contributed by atoms with van der Waals surface area (Å²) < 4.78 is 0. The van der Waals surface area contributed by atoms with Crippen LogP contribution < -0.4 is 5.73 Å². The lowest BCUT2D eigenvalue weighted by Crippen LogP contribution is -2.47. The summed E-state index contributed by atoms with van der Waals surface area (Å²) in [4.78, 5) is 2.72. The zero-order valence-corrected chi connectivity index (χ0v) is 10.6. The number of piperidine rings is 1. The molecule has 3 rings (SSSR count). The summed E-state index contributed by atoms with van der Waals surface area (Å²) in [6.45, 7) is 5.02. The van der Waals surface area contributed by atoms with E-state index in [1.54, 1.807) is 0 Å². The molecule has 16 heavy (non-hydrogen) atoms. The Morgan fingerprint density at radius 3 is 2.62 bits per heavy atom. The van der Waals surface area contributed by atoms with Crippen LogP contribution in [0, 0.1) is 17.8 Å². The fourth-order valence-corrected chi connectivity index (χ4v) is 4.43. The molecular weight excluding hydrogens is 196 g/mol. The molecule has 2 saturated carbocycles. The van der Waals surface area contributed by atoms with Crippen molar-refractivity contribution in [1.82, 2.24) is 4.90 Å². The van der Waals surface area contributed by atoms with Crippen LogP contribution in [0.5, 0.6) is 0 Å². The molecule has 0 aromatic heterocycles. The third-order valence-corrected chi connectivity index (χ3v) is 5.54. The molecule has 2 heteroatoms. The fourth-order valence-electron chi connectivity index (χ4n) is 4.43. The van der Waals surface area contributed by atoms with Gasteiger partial charge in [0.1, 0.15) is 0 Å². The molecule has 3 fully saturated rings. The highest BCUT2D eigenvalue weighted by molar-refractivity contribution is 5.00. The minimum atomic E-state index is 0.521. The Morgan fingerprint density at radius 2 is 1.94 bits per heavy atom. The Labute approximate surface area is 99.6 Å². The molecule has 0 aromatic carbocycles. The summed E-state index contributed by atoms with van der Waals surface area (Å²) >= 11 is 0. The molecule has 2 nitrogen and oxygen atoms in total. The maximum Gasteiger partial charge on any atom is 0.0111 e. The van der Waals surface area contributed by atoms with Gasteiger partial charge in [-0.2, -0.15) is 0 Å². The molecule has 0 radical (unpaired) electrons. The van der Waals surface area contributed by atoms with Crippen LogP contribution in [0.1, 0.15) is 45.4 Å². The molecule has 1 heterocycles. The lowest BCUT2D eigenvalue weighted by atomic mass is 9.84. The predicted octanol–water partition coefficient (Wildman–Crippen LogP) is 2.23. The molecule has 0 aromatic rings. The van der Waals surface area contributed by atoms with Crippen molar-refractivity contribution in [3.8, 4) is 0 Å². The van der Waals surface area contributed by atoms with E-state index in [1.165, 1.54) is 51.6 Å². The molecule has 1 saturated heterocycles. The average molecular weight is 222 g/mol. The number of nitrogens with zero attached hydrogens (tertiary/aromatic N) is 1. The summed E-state index contributed by atoms with van der Waals surface area (Å²) in [5.74, 6) is 2.66.